The van der Waals surface area contributed by atoms with E-state index in [2.05, 4.69) is 19.2 Å². The van der Waals surface area contributed by atoms with Gasteiger partial charge in [-0.25, -0.2) is 0 Å². The van der Waals surface area contributed by atoms with Crippen LogP contribution in [-0.4, -0.2) is 19.0 Å². The van der Waals surface area contributed by atoms with Crippen LogP contribution in [0.15, 0.2) is 0 Å². The molecular weight excluding hydrogens is 200 g/mol. The lowest BCUT2D eigenvalue weighted by molar-refractivity contribution is -0.124. The lowest BCUT2D eigenvalue weighted by Crippen LogP contribution is -2.34. The molecule has 0 aromatic carbocycles. The molecule has 0 spiro atoms. The zero-order valence-corrected chi connectivity index (χ0v) is 11.1. The Labute approximate surface area is 100 Å². The summed E-state index contributed by atoms with van der Waals surface area (Å²) in [7, 11) is 0. The van der Waals surface area contributed by atoms with E-state index >= 15 is 0 Å². The van der Waals surface area contributed by atoms with Gasteiger partial charge in [0.1, 0.15) is 0 Å². The monoisotopic (exact) mass is 228 g/mol. The number of hydrogen-bond donors (Lipinski definition) is 2. The van der Waals surface area contributed by atoms with Crippen LogP contribution in [-0.2, 0) is 4.79 Å². The minimum Gasteiger partial charge on any atom is -0.356 e. The molecule has 2 atom stereocenters. The first-order valence-electron chi connectivity index (χ1n) is 6.63. The molecule has 0 aromatic heterocycles. The van der Waals surface area contributed by atoms with Gasteiger partial charge in [-0.3, -0.25) is 4.79 Å². The number of carbonyl (C=O) groups excluding carboxylic acids is 1. The van der Waals surface area contributed by atoms with E-state index in [0.717, 1.165) is 19.4 Å². The molecule has 0 heterocycles. The maximum Gasteiger partial charge on any atom is 0.222 e. The van der Waals surface area contributed by atoms with Gasteiger partial charge in [0.05, 0.1) is 0 Å². The Bertz CT molecular complexity index is 183. The molecule has 0 rings (SSSR count). The summed E-state index contributed by atoms with van der Waals surface area (Å²) in [5, 5.41) is 3.03. The molecule has 2 unspecified atom stereocenters. The molecule has 16 heavy (non-hydrogen) atoms. The van der Waals surface area contributed by atoms with Crippen molar-refractivity contribution >= 4 is 5.91 Å². The number of carbonyl (C=O) groups is 1. The van der Waals surface area contributed by atoms with Crippen molar-refractivity contribution in [1.82, 2.24) is 5.32 Å². The minimum atomic E-state index is 0.0497. The molecule has 0 fully saturated rings. The number of amides is 1. The Morgan fingerprint density at radius 3 is 2.50 bits per heavy atom. The van der Waals surface area contributed by atoms with Crippen molar-refractivity contribution < 1.29 is 4.79 Å². The van der Waals surface area contributed by atoms with Crippen LogP contribution in [0.3, 0.4) is 0 Å². The van der Waals surface area contributed by atoms with E-state index in [4.69, 9.17) is 5.73 Å². The van der Waals surface area contributed by atoms with Gasteiger partial charge < -0.3 is 11.1 Å². The number of nitrogens with one attached hydrogen (secondary N) is 1. The van der Waals surface area contributed by atoms with E-state index in [1.807, 2.05) is 6.92 Å². The van der Waals surface area contributed by atoms with E-state index in [1.54, 1.807) is 0 Å². The van der Waals surface area contributed by atoms with Crippen molar-refractivity contribution in [2.75, 3.05) is 13.1 Å². The van der Waals surface area contributed by atoms with Crippen LogP contribution in [0.2, 0.25) is 0 Å². The van der Waals surface area contributed by atoms with Crippen LogP contribution in [0, 0.1) is 11.8 Å². The largest absolute Gasteiger partial charge is 0.356 e. The second-order valence-corrected chi connectivity index (χ2v) is 4.64. The summed E-state index contributed by atoms with van der Waals surface area (Å²) in [5.41, 5.74) is 5.44. The van der Waals surface area contributed by atoms with Gasteiger partial charge in [-0.1, -0.05) is 40.0 Å². The van der Waals surface area contributed by atoms with Crippen LogP contribution in [0.1, 0.15) is 52.9 Å². The summed E-state index contributed by atoms with van der Waals surface area (Å²) in [6, 6.07) is 0. The first kappa shape index (κ1) is 15.4. The fourth-order valence-electron chi connectivity index (χ4n) is 1.74. The van der Waals surface area contributed by atoms with Crippen molar-refractivity contribution in [1.29, 1.82) is 0 Å². The molecule has 3 heteroatoms. The average molecular weight is 228 g/mol. The highest BCUT2D eigenvalue weighted by Gasteiger charge is 2.13. The second kappa shape index (κ2) is 9.64. The standard InChI is InChI=1S/C13H28N2O/c1-4-6-7-12(5-2)10-15-13(16)11(3)8-9-14/h11-12H,4-10,14H2,1-3H3,(H,15,16). The molecule has 1 amide bonds. The summed E-state index contributed by atoms with van der Waals surface area (Å²) >= 11 is 0. The van der Waals surface area contributed by atoms with Crippen molar-refractivity contribution in [2.45, 2.75) is 52.9 Å². The first-order valence-corrected chi connectivity index (χ1v) is 6.63. The fraction of sp³-hybridized carbons (Fsp3) is 0.923. The van der Waals surface area contributed by atoms with Gasteiger partial charge >= 0.3 is 0 Å². The second-order valence-electron chi connectivity index (χ2n) is 4.64. The summed E-state index contributed by atoms with van der Waals surface area (Å²) in [6.45, 7) is 7.74. The molecule has 96 valence electrons. The molecule has 0 saturated heterocycles. The number of unbranched alkanes of at least 4 members (excludes halogenated alkanes) is 1. The Morgan fingerprint density at radius 1 is 1.31 bits per heavy atom. The van der Waals surface area contributed by atoms with E-state index in [-0.39, 0.29) is 11.8 Å². The van der Waals surface area contributed by atoms with Gasteiger partial charge in [0.25, 0.3) is 0 Å². The normalized spacial score (nSPS) is 14.5. The Hall–Kier alpha value is -0.570. The highest BCUT2D eigenvalue weighted by molar-refractivity contribution is 5.78. The van der Waals surface area contributed by atoms with Crippen LogP contribution < -0.4 is 11.1 Å². The highest BCUT2D eigenvalue weighted by Crippen LogP contribution is 2.11. The van der Waals surface area contributed by atoms with E-state index < -0.39 is 0 Å². The molecule has 0 saturated carbocycles. The van der Waals surface area contributed by atoms with E-state index in [0.29, 0.717) is 12.5 Å². The summed E-state index contributed by atoms with van der Waals surface area (Å²) in [6.07, 6.45) is 5.63. The summed E-state index contributed by atoms with van der Waals surface area (Å²) in [5.74, 6) is 0.836. The smallest absolute Gasteiger partial charge is 0.222 e. The Morgan fingerprint density at radius 2 is 2.00 bits per heavy atom. The molecule has 3 N–H and O–H groups in total. The van der Waals surface area contributed by atoms with Gasteiger partial charge in [-0.2, -0.15) is 0 Å². The van der Waals surface area contributed by atoms with Crippen LogP contribution in [0.4, 0.5) is 0 Å². The lowest BCUT2D eigenvalue weighted by Gasteiger charge is -2.17. The van der Waals surface area contributed by atoms with E-state index in [9.17, 15) is 4.79 Å². The van der Waals surface area contributed by atoms with Crippen LogP contribution in [0.5, 0.6) is 0 Å². The number of hydrogen-bond acceptors (Lipinski definition) is 2. The van der Waals surface area contributed by atoms with Crippen LogP contribution >= 0.6 is 0 Å². The fourth-order valence-corrected chi connectivity index (χ4v) is 1.74. The van der Waals surface area contributed by atoms with Gasteiger partial charge in [-0.05, 0) is 25.3 Å². The zero-order chi connectivity index (χ0) is 12.4. The third kappa shape index (κ3) is 6.83. The predicted molar refractivity (Wildman–Crippen MR) is 69.2 cm³/mol. The molecule has 3 nitrogen and oxygen atoms in total. The number of rotatable bonds is 9. The van der Waals surface area contributed by atoms with Crippen molar-refractivity contribution in [2.24, 2.45) is 17.6 Å². The van der Waals surface area contributed by atoms with Gasteiger partial charge in [0.2, 0.25) is 5.91 Å². The maximum atomic E-state index is 11.7. The topological polar surface area (TPSA) is 55.1 Å². The number of nitrogens with two attached hydrogens (primary N) is 1. The highest BCUT2D eigenvalue weighted by atomic mass is 16.1. The molecule has 0 aliphatic carbocycles. The maximum absolute atomic E-state index is 11.7. The SMILES string of the molecule is CCCCC(CC)CNC(=O)C(C)CCN. The van der Waals surface area contributed by atoms with Crippen molar-refractivity contribution in [3.05, 3.63) is 0 Å². The molecule has 0 bridgehead atoms. The third-order valence-corrected chi connectivity index (χ3v) is 3.16. The molecule has 0 aromatic rings. The lowest BCUT2D eigenvalue weighted by atomic mass is 9.99. The zero-order valence-electron chi connectivity index (χ0n) is 11.1. The molecular formula is C13H28N2O. The van der Waals surface area contributed by atoms with Gasteiger partial charge in [0.15, 0.2) is 0 Å². The molecule has 0 aliphatic heterocycles. The Kier molecular flexibility index (Phi) is 9.30. The minimum absolute atomic E-state index is 0.0497. The average Bonchev–Trinajstić information content (AvgIpc) is 2.29. The first-order chi connectivity index (χ1) is 7.65. The molecule has 0 aliphatic rings. The summed E-state index contributed by atoms with van der Waals surface area (Å²) < 4.78 is 0. The third-order valence-electron chi connectivity index (χ3n) is 3.16. The predicted octanol–water partition coefficient (Wildman–Crippen LogP) is 2.30. The van der Waals surface area contributed by atoms with Crippen molar-refractivity contribution in [3.8, 4) is 0 Å². The molecule has 0 radical (unpaired) electrons. The van der Waals surface area contributed by atoms with Crippen LogP contribution in [0.25, 0.3) is 0 Å². The van der Waals surface area contributed by atoms with Gasteiger partial charge in [-0.15, -0.1) is 0 Å². The van der Waals surface area contributed by atoms with Crippen molar-refractivity contribution in [3.63, 3.8) is 0 Å². The Balaban J connectivity index is 3.78. The quantitative estimate of drug-likeness (QED) is 0.636. The van der Waals surface area contributed by atoms with Gasteiger partial charge in [0, 0.05) is 12.5 Å². The summed E-state index contributed by atoms with van der Waals surface area (Å²) in [4.78, 5) is 11.7. The van der Waals surface area contributed by atoms with E-state index in [1.165, 1.54) is 19.3 Å².